The Morgan fingerprint density at radius 1 is 0.667 bits per heavy atom. The summed E-state index contributed by atoms with van der Waals surface area (Å²) in [6.07, 6.45) is 4.94. The molecule has 2 aliphatic rings. The van der Waals surface area contributed by atoms with E-state index >= 15 is 0 Å². The Kier molecular flexibility index (Phi) is 7.32. The van der Waals surface area contributed by atoms with Crippen LogP contribution < -0.4 is 10.9 Å². The highest BCUT2D eigenvalue weighted by atomic mass is 16.7. The topological polar surface area (TPSA) is 41.9 Å². The molecule has 2 aliphatic heterocycles. The Morgan fingerprint density at radius 3 is 1.44 bits per heavy atom. The number of rotatable bonds is 8. The molecule has 2 fully saturated rings. The Bertz CT molecular complexity index is 1230. The third-order valence-electron chi connectivity index (χ3n) is 9.95. The molecular weight excluding hydrogens is 484 g/mol. The summed E-state index contributed by atoms with van der Waals surface area (Å²) in [7, 11) is -0.783. The highest BCUT2D eigenvalue weighted by molar-refractivity contribution is 6.63. The lowest BCUT2D eigenvalue weighted by molar-refractivity contribution is 0.00578. The summed E-state index contributed by atoms with van der Waals surface area (Å²) in [5, 5.41) is 2.45. The van der Waals surface area contributed by atoms with Crippen LogP contribution >= 0.6 is 0 Å². The maximum atomic E-state index is 6.43. The first-order valence-electron chi connectivity index (χ1n) is 15.0. The normalized spacial score (nSPS) is 22.3. The van der Waals surface area contributed by atoms with Crippen molar-refractivity contribution >= 4 is 47.0 Å². The van der Waals surface area contributed by atoms with E-state index in [9.17, 15) is 0 Å². The van der Waals surface area contributed by atoms with Crippen LogP contribution in [0.2, 0.25) is 0 Å². The monoisotopic (exact) mass is 531 g/mol. The fraction of sp³-hybridized carbons (Fsp3) is 0.625. The average Bonchev–Trinajstić information content (AvgIpc) is 3.37. The van der Waals surface area contributed by atoms with Gasteiger partial charge in [0.05, 0.1) is 22.4 Å². The summed E-state index contributed by atoms with van der Waals surface area (Å²) >= 11 is 0. The molecule has 39 heavy (non-hydrogen) atoms. The molecular formula is C32H47B2NO4. The summed E-state index contributed by atoms with van der Waals surface area (Å²) in [6.45, 7) is 22.5. The molecule has 2 saturated heterocycles. The van der Waals surface area contributed by atoms with Crippen LogP contribution in [0.4, 0.5) is 0 Å². The van der Waals surface area contributed by atoms with Gasteiger partial charge in [-0.3, -0.25) is 0 Å². The van der Waals surface area contributed by atoms with Crippen LogP contribution in [0.1, 0.15) is 94.9 Å². The molecule has 0 radical (unpaired) electrons. The fourth-order valence-corrected chi connectivity index (χ4v) is 5.76. The maximum absolute atomic E-state index is 6.43. The van der Waals surface area contributed by atoms with E-state index in [4.69, 9.17) is 18.6 Å². The van der Waals surface area contributed by atoms with E-state index in [1.807, 2.05) is 0 Å². The Balaban J connectivity index is 1.61. The number of unbranched alkanes of at least 4 members (excludes halogenated alkanes) is 1. The molecule has 0 saturated carbocycles. The van der Waals surface area contributed by atoms with E-state index in [0.29, 0.717) is 5.92 Å². The molecule has 0 unspecified atom stereocenters. The third kappa shape index (κ3) is 4.98. The zero-order valence-electron chi connectivity index (χ0n) is 25.8. The Labute approximate surface area is 236 Å². The Morgan fingerprint density at radius 2 is 1.08 bits per heavy atom. The van der Waals surface area contributed by atoms with E-state index in [0.717, 1.165) is 17.5 Å². The van der Waals surface area contributed by atoms with Gasteiger partial charge in [0, 0.05) is 28.4 Å². The van der Waals surface area contributed by atoms with Crippen molar-refractivity contribution in [3.8, 4) is 0 Å². The van der Waals surface area contributed by atoms with Gasteiger partial charge in [-0.25, -0.2) is 0 Å². The summed E-state index contributed by atoms with van der Waals surface area (Å²) in [5.74, 6) is 0.647. The molecule has 7 heteroatoms. The molecule has 210 valence electrons. The molecule has 3 aromatic rings. The predicted molar refractivity (Wildman–Crippen MR) is 164 cm³/mol. The van der Waals surface area contributed by atoms with Gasteiger partial charge in [0.1, 0.15) is 0 Å². The van der Waals surface area contributed by atoms with Gasteiger partial charge in [0.15, 0.2) is 0 Å². The average molecular weight is 531 g/mol. The standard InChI is InChI=1S/C32H47B2NO4/c1-11-13-14-22(12-2)21-35-27-17-15-23(33-36-29(3,4)30(5,6)37-33)19-25(27)26-20-24(16-18-28(26)35)34-38-31(7,8)32(9,10)39-34/h15-20,22H,11-14,21H2,1-10H3/t22-/m0/s1. The maximum Gasteiger partial charge on any atom is 0.494 e. The highest BCUT2D eigenvalue weighted by Gasteiger charge is 2.53. The van der Waals surface area contributed by atoms with E-state index < -0.39 is 14.2 Å². The van der Waals surface area contributed by atoms with Crippen LogP contribution in [-0.2, 0) is 25.2 Å². The number of hydrogen-bond acceptors (Lipinski definition) is 4. The van der Waals surface area contributed by atoms with Crippen LogP contribution in [0.15, 0.2) is 36.4 Å². The van der Waals surface area contributed by atoms with Crippen molar-refractivity contribution in [2.45, 2.75) is 124 Å². The highest BCUT2D eigenvalue weighted by Crippen LogP contribution is 2.39. The van der Waals surface area contributed by atoms with Crippen LogP contribution in [0, 0.1) is 5.92 Å². The first kappa shape index (κ1) is 28.7. The SMILES string of the molecule is CCCC[C@H](CC)Cn1c2ccc(B3OC(C)(C)C(C)(C)O3)cc2c2cc(B3OC(C)(C)C(C)(C)O3)ccc21. The molecule has 1 atom stereocenters. The minimum atomic E-state index is -0.392. The van der Waals surface area contributed by atoms with E-state index in [1.165, 1.54) is 47.5 Å². The van der Waals surface area contributed by atoms with E-state index in [1.54, 1.807) is 0 Å². The molecule has 5 nitrogen and oxygen atoms in total. The second-order valence-electron chi connectivity index (χ2n) is 13.8. The van der Waals surface area contributed by atoms with Crippen molar-refractivity contribution in [3.63, 3.8) is 0 Å². The van der Waals surface area contributed by atoms with Crippen LogP contribution in [-0.4, -0.2) is 41.2 Å². The fourth-order valence-electron chi connectivity index (χ4n) is 5.76. The van der Waals surface area contributed by atoms with Gasteiger partial charge in [-0.2, -0.15) is 0 Å². The minimum Gasteiger partial charge on any atom is -0.399 e. The molecule has 2 aromatic carbocycles. The third-order valence-corrected chi connectivity index (χ3v) is 9.95. The van der Waals surface area contributed by atoms with Gasteiger partial charge < -0.3 is 23.2 Å². The quantitative estimate of drug-likeness (QED) is 0.307. The van der Waals surface area contributed by atoms with Crippen LogP contribution in [0.25, 0.3) is 21.8 Å². The van der Waals surface area contributed by atoms with Crippen molar-refractivity contribution < 1.29 is 18.6 Å². The van der Waals surface area contributed by atoms with Crippen molar-refractivity contribution in [3.05, 3.63) is 36.4 Å². The first-order valence-corrected chi connectivity index (χ1v) is 15.0. The summed E-state index contributed by atoms with van der Waals surface area (Å²) in [5.41, 5.74) is 3.11. The lowest BCUT2D eigenvalue weighted by Crippen LogP contribution is -2.41. The van der Waals surface area contributed by atoms with Crippen LogP contribution in [0.3, 0.4) is 0 Å². The lowest BCUT2D eigenvalue weighted by Gasteiger charge is -2.32. The Hall–Kier alpha value is -1.79. The van der Waals surface area contributed by atoms with Gasteiger partial charge >= 0.3 is 14.2 Å². The smallest absolute Gasteiger partial charge is 0.399 e. The number of benzene rings is 2. The molecule has 0 amide bonds. The summed E-state index contributed by atoms with van der Waals surface area (Å²) in [6, 6.07) is 13.4. The van der Waals surface area contributed by atoms with Gasteiger partial charge in [-0.1, -0.05) is 57.4 Å². The molecule has 0 bridgehead atoms. The molecule has 1 aromatic heterocycles. The largest absolute Gasteiger partial charge is 0.494 e. The number of hydrogen-bond donors (Lipinski definition) is 0. The molecule has 3 heterocycles. The molecule has 0 aliphatic carbocycles. The summed E-state index contributed by atoms with van der Waals surface area (Å²) in [4.78, 5) is 0. The van der Waals surface area contributed by atoms with Crippen molar-refractivity contribution in [2.24, 2.45) is 5.92 Å². The second kappa shape index (κ2) is 9.94. The van der Waals surface area contributed by atoms with Gasteiger partial charge in [0.25, 0.3) is 0 Å². The molecule has 0 N–H and O–H groups in total. The van der Waals surface area contributed by atoms with Gasteiger partial charge in [0.2, 0.25) is 0 Å². The predicted octanol–water partition coefficient (Wildman–Crippen LogP) is 6.61. The number of fused-ring (bicyclic) bond motifs is 3. The second-order valence-corrected chi connectivity index (χ2v) is 13.8. The lowest BCUT2D eigenvalue weighted by atomic mass is 9.77. The first-order chi connectivity index (χ1) is 18.2. The zero-order chi connectivity index (χ0) is 28.4. The van der Waals surface area contributed by atoms with Crippen molar-refractivity contribution in [1.29, 1.82) is 0 Å². The molecule has 5 rings (SSSR count). The van der Waals surface area contributed by atoms with E-state index in [2.05, 4.69) is 110 Å². The van der Waals surface area contributed by atoms with Crippen LogP contribution in [0.5, 0.6) is 0 Å². The number of aromatic nitrogens is 1. The minimum absolute atomic E-state index is 0.377. The van der Waals surface area contributed by atoms with E-state index in [-0.39, 0.29) is 22.4 Å². The van der Waals surface area contributed by atoms with Gasteiger partial charge in [-0.05, 0) is 90.8 Å². The van der Waals surface area contributed by atoms with Crippen molar-refractivity contribution in [2.75, 3.05) is 0 Å². The summed E-state index contributed by atoms with van der Waals surface area (Å²) < 4.78 is 28.2. The number of nitrogens with zero attached hydrogens (tertiary/aromatic N) is 1. The van der Waals surface area contributed by atoms with Gasteiger partial charge in [-0.15, -0.1) is 0 Å². The molecule has 0 spiro atoms. The zero-order valence-corrected chi connectivity index (χ0v) is 25.8. The van der Waals surface area contributed by atoms with Crippen molar-refractivity contribution in [1.82, 2.24) is 4.57 Å².